The molecule has 4 aliphatic rings. The molecule has 2 nitrogen and oxygen atoms in total. The molecule has 6 aromatic carbocycles. The standard InChI is InChI=1S/C58H63BN2S/c1-34-26-41-40-29-36-16-14-15-17-37(36)30-48(40)61(39-20-18-38(19-21-39)54(3,4)5)59-51(41)49(27-34)60(47-32-45-43(28-35(47)2)55(6,7)22-24-57(45,10)11)53-52(59)42-31-44-46(33-50(42)62-53)58(12,13)25-23-56(44,8)9/h14-21,26-33H,22-25H2,1-13H3. The van der Waals surface area contributed by atoms with Gasteiger partial charge in [-0.05, 0) is 187 Å². The molecule has 0 fully saturated rings. The number of benzene rings is 6. The fourth-order valence-electron chi connectivity index (χ4n) is 12.0. The summed E-state index contributed by atoms with van der Waals surface area (Å²) in [4.78, 5) is 5.47. The van der Waals surface area contributed by atoms with E-state index in [2.05, 4.69) is 197 Å². The van der Waals surface area contributed by atoms with Gasteiger partial charge in [-0.2, -0.15) is 0 Å². The summed E-state index contributed by atoms with van der Waals surface area (Å²) in [5.74, 6) is 0. The molecule has 0 bridgehead atoms. The first-order chi connectivity index (χ1) is 29.1. The van der Waals surface area contributed by atoms with Crippen LogP contribution in [0, 0.1) is 13.8 Å². The summed E-state index contributed by atoms with van der Waals surface area (Å²) in [6.07, 6.45) is 4.80. The lowest BCUT2D eigenvalue weighted by molar-refractivity contribution is 0.332. The topological polar surface area (TPSA) is 6.48 Å². The van der Waals surface area contributed by atoms with Crippen molar-refractivity contribution in [2.24, 2.45) is 0 Å². The van der Waals surface area contributed by atoms with E-state index in [4.69, 9.17) is 0 Å². The number of hydrogen-bond acceptors (Lipinski definition) is 3. The highest BCUT2D eigenvalue weighted by Crippen LogP contribution is 2.55. The number of fused-ring (bicyclic) bond motifs is 9. The lowest BCUT2D eigenvalue weighted by Crippen LogP contribution is -2.61. The second-order valence-corrected chi connectivity index (χ2v) is 24.3. The molecular weight excluding hydrogens is 768 g/mol. The molecule has 4 heteroatoms. The Kier molecular flexibility index (Phi) is 8.33. The molecule has 0 saturated carbocycles. The number of nitrogens with zero attached hydrogens (tertiary/aromatic N) is 2. The zero-order valence-corrected chi connectivity index (χ0v) is 40.3. The molecule has 0 atom stereocenters. The van der Waals surface area contributed by atoms with Gasteiger partial charge in [-0.1, -0.05) is 125 Å². The highest BCUT2D eigenvalue weighted by atomic mass is 32.1. The number of anilines is 5. The van der Waals surface area contributed by atoms with E-state index in [0.29, 0.717) is 0 Å². The van der Waals surface area contributed by atoms with Crippen LogP contribution in [0.25, 0.3) is 32.0 Å². The Morgan fingerprint density at radius 1 is 0.548 bits per heavy atom. The van der Waals surface area contributed by atoms with Gasteiger partial charge in [0, 0.05) is 27.3 Å². The Hall–Kier alpha value is -4.80. The SMILES string of the molecule is Cc1cc2c3c(c1)N(c1cc4c(cc1C)C(C)(C)CCC4(C)C)c1sc4cc5c(cc4c1B3N(c1ccc(C(C)(C)C)cc1)c1cc3ccccc3cc1-2)C(C)(C)CCC5(C)C. The van der Waals surface area contributed by atoms with Crippen LogP contribution in [0.4, 0.5) is 27.8 Å². The molecule has 7 aromatic rings. The second-order valence-electron chi connectivity index (χ2n) is 23.3. The molecular formula is C58H63BN2S. The zero-order valence-electron chi connectivity index (χ0n) is 39.4. The van der Waals surface area contributed by atoms with Gasteiger partial charge in [0.2, 0.25) is 0 Å². The molecule has 0 saturated heterocycles. The molecule has 0 N–H and O–H groups in total. The predicted molar refractivity (Wildman–Crippen MR) is 272 cm³/mol. The van der Waals surface area contributed by atoms with E-state index in [1.165, 1.54) is 135 Å². The second kappa shape index (κ2) is 12.9. The molecule has 0 unspecified atom stereocenters. The molecule has 3 heterocycles. The summed E-state index contributed by atoms with van der Waals surface area (Å²) in [5, 5.41) is 5.34. The molecule has 0 amide bonds. The van der Waals surface area contributed by atoms with Crippen molar-refractivity contribution in [3.05, 3.63) is 136 Å². The molecule has 11 rings (SSSR count). The van der Waals surface area contributed by atoms with Crippen LogP contribution in [0.15, 0.2) is 97.1 Å². The predicted octanol–water partition coefficient (Wildman–Crippen LogP) is 15.4. The Balaban J connectivity index is 1.29. The fourth-order valence-corrected chi connectivity index (χ4v) is 13.2. The Morgan fingerprint density at radius 2 is 1.11 bits per heavy atom. The van der Waals surface area contributed by atoms with Gasteiger partial charge in [0.1, 0.15) is 0 Å². The van der Waals surface area contributed by atoms with Crippen LogP contribution < -0.4 is 20.6 Å². The van der Waals surface area contributed by atoms with Crippen LogP contribution in [-0.4, -0.2) is 6.85 Å². The van der Waals surface area contributed by atoms with Gasteiger partial charge in [-0.15, -0.1) is 11.3 Å². The first-order valence-electron chi connectivity index (χ1n) is 23.3. The van der Waals surface area contributed by atoms with E-state index in [0.717, 1.165) is 0 Å². The van der Waals surface area contributed by atoms with E-state index in [1.54, 1.807) is 0 Å². The van der Waals surface area contributed by atoms with Crippen LogP contribution in [0.1, 0.15) is 141 Å². The van der Waals surface area contributed by atoms with Gasteiger partial charge >= 0.3 is 6.85 Å². The van der Waals surface area contributed by atoms with Gasteiger partial charge in [0.15, 0.2) is 0 Å². The Labute approximate surface area is 375 Å². The van der Waals surface area contributed by atoms with Crippen LogP contribution in [0.3, 0.4) is 0 Å². The average molecular weight is 831 g/mol. The Bertz CT molecular complexity index is 3040. The van der Waals surface area contributed by atoms with Crippen molar-refractivity contribution in [3.8, 4) is 11.1 Å². The molecule has 0 spiro atoms. The van der Waals surface area contributed by atoms with Crippen LogP contribution in [0.5, 0.6) is 0 Å². The zero-order chi connectivity index (χ0) is 43.6. The van der Waals surface area contributed by atoms with Gasteiger partial charge in [0.05, 0.1) is 10.7 Å². The summed E-state index contributed by atoms with van der Waals surface area (Å²) in [6, 6.07) is 39.0. The third kappa shape index (κ3) is 5.73. The van der Waals surface area contributed by atoms with Crippen LogP contribution >= 0.6 is 11.3 Å². The largest absolute Gasteiger partial charge is 0.376 e. The first-order valence-corrected chi connectivity index (χ1v) is 24.1. The van der Waals surface area contributed by atoms with Gasteiger partial charge in [-0.25, -0.2) is 0 Å². The molecule has 1 aromatic heterocycles. The minimum Gasteiger partial charge on any atom is -0.376 e. The van der Waals surface area contributed by atoms with E-state index in [9.17, 15) is 0 Å². The third-order valence-electron chi connectivity index (χ3n) is 16.1. The summed E-state index contributed by atoms with van der Waals surface area (Å²) >= 11 is 2.03. The number of hydrogen-bond donors (Lipinski definition) is 0. The first kappa shape index (κ1) is 40.0. The number of aryl methyl sites for hydroxylation is 2. The lowest BCUT2D eigenvalue weighted by atomic mass is 9.43. The molecule has 2 aliphatic heterocycles. The highest BCUT2D eigenvalue weighted by Gasteiger charge is 2.49. The van der Waals surface area contributed by atoms with Gasteiger partial charge < -0.3 is 9.71 Å². The van der Waals surface area contributed by atoms with Crippen molar-refractivity contribution < 1.29 is 0 Å². The van der Waals surface area contributed by atoms with E-state index >= 15 is 0 Å². The van der Waals surface area contributed by atoms with Crippen LogP contribution in [-0.2, 0) is 27.1 Å². The molecule has 62 heavy (non-hydrogen) atoms. The average Bonchev–Trinajstić information content (AvgIpc) is 3.58. The van der Waals surface area contributed by atoms with Gasteiger partial charge in [-0.3, -0.25) is 0 Å². The minimum atomic E-state index is -0.0270. The number of thiophene rings is 1. The van der Waals surface area contributed by atoms with Crippen molar-refractivity contribution in [3.63, 3.8) is 0 Å². The third-order valence-corrected chi connectivity index (χ3v) is 17.2. The maximum atomic E-state index is 2.73. The summed E-state index contributed by atoms with van der Waals surface area (Å²) in [7, 11) is 0. The summed E-state index contributed by atoms with van der Waals surface area (Å²) in [6.45, 7) is 31.4. The van der Waals surface area contributed by atoms with E-state index < -0.39 is 0 Å². The van der Waals surface area contributed by atoms with Crippen molar-refractivity contribution in [1.82, 2.24) is 0 Å². The summed E-state index contributed by atoms with van der Waals surface area (Å²) < 4.78 is 1.40. The molecule has 0 radical (unpaired) electrons. The quantitative estimate of drug-likeness (QED) is 0.160. The van der Waals surface area contributed by atoms with Crippen molar-refractivity contribution in [1.29, 1.82) is 0 Å². The number of rotatable bonds is 2. The van der Waals surface area contributed by atoms with Crippen molar-refractivity contribution in [2.45, 2.75) is 143 Å². The smallest absolute Gasteiger partial charge is 0.334 e. The minimum absolute atomic E-state index is 0.0270. The van der Waals surface area contributed by atoms with Gasteiger partial charge in [0.25, 0.3) is 0 Å². The van der Waals surface area contributed by atoms with Crippen LogP contribution in [0.2, 0.25) is 0 Å². The summed E-state index contributed by atoms with van der Waals surface area (Å²) in [5.41, 5.74) is 21.3. The van der Waals surface area contributed by atoms with Crippen molar-refractivity contribution in [2.75, 3.05) is 9.71 Å². The van der Waals surface area contributed by atoms with E-state index in [-0.39, 0.29) is 33.9 Å². The van der Waals surface area contributed by atoms with E-state index in [1.807, 2.05) is 11.3 Å². The molecule has 2 aliphatic carbocycles. The Morgan fingerprint density at radius 3 is 1.73 bits per heavy atom. The maximum Gasteiger partial charge on any atom is 0.334 e. The monoisotopic (exact) mass is 830 g/mol. The lowest BCUT2D eigenvalue weighted by Gasteiger charge is -2.46. The molecule has 314 valence electrons. The fraction of sp³-hybridized carbons (Fsp3) is 0.379. The highest BCUT2D eigenvalue weighted by molar-refractivity contribution is 7.26. The van der Waals surface area contributed by atoms with Crippen molar-refractivity contribution >= 4 is 77.7 Å². The normalized spacial score (nSPS) is 18.9. The maximum absolute atomic E-state index is 2.73.